The third-order valence-corrected chi connectivity index (χ3v) is 8.49. The molecule has 10 nitrogen and oxygen atoms in total. The number of piperidine rings is 1. The molecule has 5 rings (SSSR count). The van der Waals surface area contributed by atoms with Gasteiger partial charge >= 0.3 is 0 Å². The van der Waals surface area contributed by atoms with E-state index in [0.717, 1.165) is 5.56 Å². The Morgan fingerprint density at radius 3 is 2.43 bits per heavy atom. The molecule has 0 spiro atoms. The van der Waals surface area contributed by atoms with Crippen LogP contribution in [0.15, 0.2) is 89.3 Å². The number of halogens is 1. The number of thiol groups is 1. The minimum absolute atomic E-state index is 0.0282. The summed E-state index contributed by atoms with van der Waals surface area (Å²) in [5.74, 6) is -3.67. The van der Waals surface area contributed by atoms with Crippen molar-refractivity contribution in [2.75, 3.05) is 6.54 Å². The molecule has 0 saturated carbocycles. The molecule has 0 radical (unpaired) electrons. The van der Waals surface area contributed by atoms with Crippen LogP contribution in [0.5, 0.6) is 0 Å². The van der Waals surface area contributed by atoms with Crippen molar-refractivity contribution >= 4 is 47.2 Å². The molecular weight excluding hydrogens is 611 g/mol. The molecule has 1 saturated heterocycles. The lowest BCUT2D eigenvalue weighted by Crippen LogP contribution is -2.61. The first-order valence-electron chi connectivity index (χ1n) is 15.0. The second-order valence-corrected chi connectivity index (χ2v) is 12.0. The highest BCUT2D eigenvalue weighted by Gasteiger charge is 2.44. The first-order valence-corrected chi connectivity index (χ1v) is 15.4. The lowest BCUT2D eigenvalue weighted by Gasteiger charge is -2.35. The average Bonchev–Trinajstić information content (AvgIpc) is 3.50. The van der Waals surface area contributed by atoms with E-state index in [2.05, 4.69) is 33.9 Å². The summed E-state index contributed by atoms with van der Waals surface area (Å²) in [6.07, 6.45) is 1.01. The van der Waals surface area contributed by atoms with Crippen LogP contribution in [0.4, 0.5) is 4.39 Å². The topological polar surface area (TPSA) is 150 Å². The molecular formula is C34H35FN4O6S. The van der Waals surface area contributed by atoms with E-state index in [0.29, 0.717) is 35.9 Å². The molecule has 1 aromatic heterocycles. The van der Waals surface area contributed by atoms with Gasteiger partial charge in [0, 0.05) is 30.8 Å². The highest BCUT2D eigenvalue weighted by Crippen LogP contribution is 2.27. The predicted octanol–water partition coefficient (Wildman–Crippen LogP) is 3.25. The van der Waals surface area contributed by atoms with Crippen molar-refractivity contribution in [1.29, 1.82) is 0 Å². The summed E-state index contributed by atoms with van der Waals surface area (Å²) in [5, 5.41) is 23.0. The van der Waals surface area contributed by atoms with E-state index in [9.17, 15) is 28.7 Å². The van der Waals surface area contributed by atoms with E-state index in [1.807, 2.05) is 6.07 Å². The van der Waals surface area contributed by atoms with Crippen LogP contribution >= 0.6 is 12.6 Å². The Hall–Kier alpha value is -4.68. The zero-order valence-corrected chi connectivity index (χ0v) is 25.8. The fourth-order valence-electron chi connectivity index (χ4n) is 5.40. The van der Waals surface area contributed by atoms with Crippen LogP contribution in [-0.2, 0) is 27.3 Å². The number of furan rings is 1. The number of carbonyl (C=O) groups excluding carboxylic acids is 4. The van der Waals surface area contributed by atoms with Crippen LogP contribution in [0.3, 0.4) is 0 Å². The normalized spacial score (nSPS) is 17.3. The summed E-state index contributed by atoms with van der Waals surface area (Å²) in [7, 11) is 0. The number of aliphatic hydroxyl groups is 1. The Kier molecular flexibility index (Phi) is 10.4. The van der Waals surface area contributed by atoms with Gasteiger partial charge in [0.05, 0.1) is 6.04 Å². The van der Waals surface area contributed by atoms with Gasteiger partial charge in [0.2, 0.25) is 16.7 Å². The molecule has 4 amide bonds. The van der Waals surface area contributed by atoms with E-state index in [4.69, 9.17) is 4.42 Å². The quantitative estimate of drug-likeness (QED) is 0.103. The smallest absolute Gasteiger partial charge is 0.287 e. The summed E-state index contributed by atoms with van der Waals surface area (Å²) in [6, 6.07) is 20.5. The fourth-order valence-corrected chi connectivity index (χ4v) is 5.65. The summed E-state index contributed by atoms with van der Waals surface area (Å²) < 4.78 is 19.3. The highest BCUT2D eigenvalue weighted by molar-refractivity contribution is 7.82. The highest BCUT2D eigenvalue weighted by atomic mass is 32.1. The van der Waals surface area contributed by atoms with Crippen molar-refractivity contribution in [3.63, 3.8) is 0 Å². The zero-order valence-electron chi connectivity index (χ0n) is 24.9. The largest absolute Gasteiger partial charge is 0.451 e. The Labute approximate surface area is 270 Å². The predicted molar refractivity (Wildman–Crippen MR) is 172 cm³/mol. The number of para-hydroxylation sites is 1. The number of amides is 4. The van der Waals surface area contributed by atoms with Gasteiger partial charge in [-0.2, -0.15) is 0 Å². The van der Waals surface area contributed by atoms with Gasteiger partial charge in [-0.15, -0.1) is 12.6 Å². The number of benzene rings is 3. The molecule has 46 heavy (non-hydrogen) atoms. The second-order valence-electron chi connectivity index (χ2n) is 11.3. The summed E-state index contributed by atoms with van der Waals surface area (Å²) >= 11 is 4.31. The van der Waals surface area contributed by atoms with Crippen molar-refractivity contribution in [1.82, 2.24) is 21.3 Å². The van der Waals surface area contributed by atoms with Crippen molar-refractivity contribution in [2.24, 2.45) is 5.92 Å². The van der Waals surface area contributed by atoms with Gasteiger partial charge in [0.1, 0.15) is 17.4 Å². The molecule has 0 unspecified atom stereocenters. The van der Waals surface area contributed by atoms with Gasteiger partial charge in [-0.3, -0.25) is 19.2 Å². The molecule has 240 valence electrons. The molecule has 12 heteroatoms. The van der Waals surface area contributed by atoms with Gasteiger partial charge < -0.3 is 30.8 Å². The molecule has 4 aromatic rings. The molecule has 1 fully saturated rings. The van der Waals surface area contributed by atoms with Gasteiger partial charge in [-0.25, -0.2) is 4.39 Å². The maximum atomic E-state index is 13.9. The average molecular weight is 647 g/mol. The molecule has 3 aromatic carbocycles. The van der Waals surface area contributed by atoms with Gasteiger partial charge in [0.25, 0.3) is 11.8 Å². The minimum atomic E-state index is -2.44. The number of nitrogens with one attached hydrogen (secondary N) is 4. The van der Waals surface area contributed by atoms with E-state index in [-0.39, 0.29) is 31.1 Å². The maximum absolute atomic E-state index is 13.9. The van der Waals surface area contributed by atoms with Crippen LogP contribution in [0.1, 0.15) is 40.9 Å². The lowest BCUT2D eigenvalue weighted by atomic mass is 9.88. The van der Waals surface area contributed by atoms with E-state index >= 15 is 0 Å². The summed E-state index contributed by atoms with van der Waals surface area (Å²) in [6.45, 7) is 0.594. The van der Waals surface area contributed by atoms with Gasteiger partial charge in [-0.1, -0.05) is 60.7 Å². The number of hydrogen-bond acceptors (Lipinski definition) is 7. The maximum Gasteiger partial charge on any atom is 0.287 e. The molecule has 1 aliphatic rings. The number of carbonyl (C=O) groups is 4. The molecule has 2 heterocycles. The molecule has 0 bridgehead atoms. The Bertz CT molecular complexity index is 1660. The first-order chi connectivity index (χ1) is 22.1. The molecule has 5 N–H and O–H groups in total. The van der Waals surface area contributed by atoms with Crippen LogP contribution in [0, 0.1) is 11.7 Å². The lowest BCUT2D eigenvalue weighted by molar-refractivity contribution is -0.137. The number of hydrogen-bond donors (Lipinski definition) is 6. The Morgan fingerprint density at radius 1 is 1.00 bits per heavy atom. The van der Waals surface area contributed by atoms with Crippen molar-refractivity contribution in [3.8, 4) is 0 Å². The summed E-state index contributed by atoms with van der Waals surface area (Å²) in [4.78, 5) is 50.8. The van der Waals surface area contributed by atoms with Gasteiger partial charge in [-0.05, 0) is 54.7 Å². The molecule has 0 aliphatic carbocycles. The number of fused-ring (bicyclic) bond motifs is 1. The SMILES string of the molecule is O=C(N[C@@H](Cc1ccc(F)cc1)C(=O)N[C@H](C[C@@H]1CCCNC1=O)[C@@](O)(S)C(=O)NCc1ccccc1)c1cc2ccccc2o1. The standard InChI is InChI=1S/C34H35FN4O6S/c35-25-14-12-21(13-15-25)17-26(38-32(42)28-18-23-9-4-5-11-27(23)45-28)31(41)39-29(19-24-10-6-16-36-30(24)40)34(44,46)33(43)37-20-22-7-2-1-3-8-22/h1-5,7-9,11-15,18,24,26,29,44,46H,6,10,16-17,19-20H2,(H,36,40)(H,37,43)(H,38,42)(H,39,41)/t24-,26-,29+,34+/m0/s1. The van der Waals surface area contributed by atoms with E-state index < -0.39 is 46.5 Å². The zero-order chi connectivity index (χ0) is 32.7. The minimum Gasteiger partial charge on any atom is -0.451 e. The van der Waals surface area contributed by atoms with Crippen molar-refractivity contribution < 1.29 is 33.1 Å². The molecule has 1 aliphatic heterocycles. The third kappa shape index (κ3) is 8.12. The second kappa shape index (κ2) is 14.6. The van der Waals surface area contributed by atoms with Crippen LogP contribution in [0.2, 0.25) is 0 Å². The Morgan fingerprint density at radius 2 is 1.72 bits per heavy atom. The van der Waals surface area contributed by atoms with E-state index in [1.54, 1.807) is 54.6 Å². The fraction of sp³-hybridized carbons (Fsp3) is 0.294. The number of rotatable bonds is 12. The monoisotopic (exact) mass is 646 g/mol. The third-order valence-electron chi connectivity index (χ3n) is 7.98. The Balaban J connectivity index is 1.39. The van der Waals surface area contributed by atoms with Crippen LogP contribution < -0.4 is 21.3 Å². The van der Waals surface area contributed by atoms with Crippen molar-refractivity contribution in [3.05, 3.63) is 108 Å². The van der Waals surface area contributed by atoms with Gasteiger partial charge in [0.15, 0.2) is 5.76 Å². The van der Waals surface area contributed by atoms with Crippen molar-refractivity contribution in [2.45, 2.75) is 49.2 Å². The van der Waals surface area contributed by atoms with Crippen LogP contribution in [-0.4, -0.2) is 52.3 Å². The van der Waals surface area contributed by atoms with Crippen LogP contribution in [0.25, 0.3) is 11.0 Å². The molecule has 4 atom stereocenters. The first kappa shape index (κ1) is 32.7. The summed E-state index contributed by atoms with van der Waals surface area (Å²) in [5.41, 5.74) is 1.80. The van der Waals surface area contributed by atoms with E-state index in [1.165, 1.54) is 24.3 Å².